The zero-order valence-electron chi connectivity index (χ0n) is 8.51. The Morgan fingerprint density at radius 1 is 1.29 bits per heavy atom. The van der Waals surface area contributed by atoms with Crippen LogP contribution in [0, 0.1) is 13.8 Å². The molecule has 1 rings (SSSR count). The van der Waals surface area contributed by atoms with E-state index in [1.807, 2.05) is 26.0 Å². The molecule has 14 heavy (non-hydrogen) atoms. The molecule has 78 valence electrons. The van der Waals surface area contributed by atoms with Crippen molar-refractivity contribution in [2.75, 3.05) is 12.4 Å². The van der Waals surface area contributed by atoms with E-state index >= 15 is 0 Å². The molecule has 0 fully saturated rings. The molecule has 0 aliphatic heterocycles. The zero-order chi connectivity index (χ0) is 10.6. The predicted molar refractivity (Wildman–Crippen MR) is 64.9 cm³/mol. The number of benzene rings is 1. The van der Waals surface area contributed by atoms with Gasteiger partial charge in [0.05, 0.1) is 6.61 Å². The van der Waals surface area contributed by atoms with E-state index in [4.69, 9.17) is 16.3 Å². The molecular weight excluding hydrogens is 216 g/mol. The van der Waals surface area contributed by atoms with Gasteiger partial charge in [0.25, 0.3) is 0 Å². The molecule has 0 aromatic heterocycles. The molecule has 0 unspecified atom stereocenters. The Morgan fingerprint density at radius 2 is 1.86 bits per heavy atom. The molecule has 0 aliphatic rings. The minimum Gasteiger partial charge on any atom is -0.493 e. The van der Waals surface area contributed by atoms with Gasteiger partial charge < -0.3 is 4.74 Å². The summed E-state index contributed by atoms with van der Waals surface area (Å²) >= 11 is 10.0. The molecular formula is C11H15ClOS. The highest BCUT2D eigenvalue weighted by Crippen LogP contribution is 2.26. The van der Waals surface area contributed by atoms with Gasteiger partial charge in [0.1, 0.15) is 5.75 Å². The number of thiol groups is 1. The van der Waals surface area contributed by atoms with Gasteiger partial charge in [-0.2, -0.15) is 12.6 Å². The molecule has 0 amide bonds. The third kappa shape index (κ3) is 3.10. The lowest BCUT2D eigenvalue weighted by Crippen LogP contribution is -2.01. The van der Waals surface area contributed by atoms with E-state index in [9.17, 15) is 0 Å². The third-order valence-electron chi connectivity index (χ3n) is 1.97. The van der Waals surface area contributed by atoms with E-state index in [1.165, 1.54) is 0 Å². The summed E-state index contributed by atoms with van der Waals surface area (Å²) in [6, 6.07) is 3.84. The summed E-state index contributed by atoms with van der Waals surface area (Å²) < 4.78 is 5.66. The molecule has 0 spiro atoms. The Labute approximate surface area is 95.8 Å². The van der Waals surface area contributed by atoms with Crippen molar-refractivity contribution in [1.29, 1.82) is 0 Å². The largest absolute Gasteiger partial charge is 0.493 e. The predicted octanol–water partition coefficient (Wildman–Crippen LogP) is 3.66. The second kappa shape index (κ2) is 5.52. The normalized spacial score (nSPS) is 10.3. The Balaban J connectivity index is 2.75. The Morgan fingerprint density at radius 3 is 2.36 bits per heavy atom. The van der Waals surface area contributed by atoms with Crippen molar-refractivity contribution in [2.24, 2.45) is 0 Å². The number of halogens is 1. The number of aryl methyl sites for hydroxylation is 2. The van der Waals surface area contributed by atoms with Crippen molar-refractivity contribution in [3.8, 4) is 5.75 Å². The molecule has 0 saturated carbocycles. The Kier molecular flexibility index (Phi) is 4.63. The molecule has 0 atom stereocenters. The van der Waals surface area contributed by atoms with Crippen LogP contribution in [-0.2, 0) is 0 Å². The van der Waals surface area contributed by atoms with Gasteiger partial charge in [-0.3, -0.25) is 0 Å². The van der Waals surface area contributed by atoms with Gasteiger partial charge in [-0.25, -0.2) is 0 Å². The minimum absolute atomic E-state index is 0.715. The summed E-state index contributed by atoms with van der Waals surface area (Å²) in [5.41, 5.74) is 2.18. The first-order valence-corrected chi connectivity index (χ1v) is 5.66. The van der Waals surface area contributed by atoms with Crippen molar-refractivity contribution < 1.29 is 4.74 Å². The van der Waals surface area contributed by atoms with Gasteiger partial charge >= 0.3 is 0 Å². The lowest BCUT2D eigenvalue weighted by Gasteiger charge is -2.11. The molecule has 0 bridgehead atoms. The molecule has 0 radical (unpaired) electrons. The van der Waals surface area contributed by atoms with Gasteiger partial charge in [-0.15, -0.1) is 0 Å². The first kappa shape index (κ1) is 11.7. The number of rotatable bonds is 4. The van der Waals surface area contributed by atoms with Crippen LogP contribution in [0.2, 0.25) is 5.02 Å². The fourth-order valence-electron chi connectivity index (χ4n) is 1.36. The quantitative estimate of drug-likeness (QED) is 0.614. The average Bonchev–Trinajstić information content (AvgIpc) is 2.09. The maximum absolute atomic E-state index is 5.92. The molecule has 0 saturated heterocycles. The van der Waals surface area contributed by atoms with Crippen molar-refractivity contribution >= 4 is 24.2 Å². The number of ether oxygens (including phenoxy) is 1. The monoisotopic (exact) mass is 230 g/mol. The van der Waals surface area contributed by atoms with E-state index in [0.29, 0.717) is 6.61 Å². The zero-order valence-corrected chi connectivity index (χ0v) is 10.2. The van der Waals surface area contributed by atoms with E-state index in [0.717, 1.165) is 34.1 Å². The summed E-state index contributed by atoms with van der Waals surface area (Å²) in [4.78, 5) is 0. The van der Waals surface area contributed by atoms with E-state index in [-0.39, 0.29) is 0 Å². The van der Waals surface area contributed by atoms with Gasteiger partial charge in [-0.1, -0.05) is 11.6 Å². The van der Waals surface area contributed by atoms with Gasteiger partial charge in [0, 0.05) is 5.02 Å². The molecule has 1 aromatic rings. The van der Waals surface area contributed by atoms with E-state index < -0.39 is 0 Å². The third-order valence-corrected chi connectivity index (χ3v) is 2.51. The fraction of sp³-hybridized carbons (Fsp3) is 0.455. The summed E-state index contributed by atoms with van der Waals surface area (Å²) in [7, 11) is 0. The molecule has 1 aromatic carbocycles. The van der Waals surface area contributed by atoms with Crippen LogP contribution in [0.15, 0.2) is 12.1 Å². The highest BCUT2D eigenvalue weighted by atomic mass is 35.5. The van der Waals surface area contributed by atoms with Gasteiger partial charge in [0.15, 0.2) is 0 Å². The maximum Gasteiger partial charge on any atom is 0.125 e. The summed E-state index contributed by atoms with van der Waals surface area (Å²) in [5.74, 6) is 1.81. The van der Waals surface area contributed by atoms with Crippen molar-refractivity contribution in [3.63, 3.8) is 0 Å². The van der Waals surface area contributed by atoms with Crippen molar-refractivity contribution in [3.05, 3.63) is 28.3 Å². The van der Waals surface area contributed by atoms with E-state index in [2.05, 4.69) is 12.6 Å². The summed E-state index contributed by atoms with van der Waals surface area (Å²) in [6.45, 7) is 4.73. The molecule has 3 heteroatoms. The second-order valence-electron chi connectivity index (χ2n) is 3.29. The average molecular weight is 231 g/mol. The van der Waals surface area contributed by atoms with Crippen LogP contribution < -0.4 is 4.74 Å². The van der Waals surface area contributed by atoms with Crippen LogP contribution in [0.3, 0.4) is 0 Å². The highest BCUT2D eigenvalue weighted by molar-refractivity contribution is 7.80. The Hall–Kier alpha value is -0.340. The van der Waals surface area contributed by atoms with Crippen LogP contribution in [0.25, 0.3) is 0 Å². The Bertz CT molecular complexity index is 289. The SMILES string of the molecule is Cc1cc(Cl)cc(C)c1OCCCS. The maximum atomic E-state index is 5.92. The molecule has 0 heterocycles. The number of hydrogen-bond donors (Lipinski definition) is 1. The first-order chi connectivity index (χ1) is 6.65. The first-order valence-electron chi connectivity index (χ1n) is 4.65. The molecule has 0 aliphatic carbocycles. The lowest BCUT2D eigenvalue weighted by molar-refractivity contribution is 0.314. The number of hydrogen-bond acceptors (Lipinski definition) is 2. The molecule has 1 nitrogen and oxygen atoms in total. The lowest BCUT2D eigenvalue weighted by atomic mass is 10.1. The summed E-state index contributed by atoms with van der Waals surface area (Å²) in [6.07, 6.45) is 0.963. The summed E-state index contributed by atoms with van der Waals surface area (Å²) in [5, 5.41) is 0.765. The van der Waals surface area contributed by atoms with Crippen LogP contribution in [-0.4, -0.2) is 12.4 Å². The highest BCUT2D eigenvalue weighted by Gasteiger charge is 2.04. The van der Waals surface area contributed by atoms with Gasteiger partial charge in [-0.05, 0) is 49.3 Å². The van der Waals surface area contributed by atoms with E-state index in [1.54, 1.807) is 0 Å². The fourth-order valence-corrected chi connectivity index (χ4v) is 1.82. The van der Waals surface area contributed by atoms with Crippen LogP contribution in [0.5, 0.6) is 5.75 Å². The van der Waals surface area contributed by atoms with Crippen LogP contribution in [0.1, 0.15) is 17.5 Å². The van der Waals surface area contributed by atoms with Crippen molar-refractivity contribution in [1.82, 2.24) is 0 Å². The van der Waals surface area contributed by atoms with Crippen LogP contribution >= 0.6 is 24.2 Å². The standard InChI is InChI=1S/C11H15ClOS/c1-8-6-10(12)7-9(2)11(8)13-4-3-5-14/h6-7,14H,3-5H2,1-2H3. The topological polar surface area (TPSA) is 9.23 Å². The smallest absolute Gasteiger partial charge is 0.125 e. The van der Waals surface area contributed by atoms with Crippen molar-refractivity contribution in [2.45, 2.75) is 20.3 Å². The van der Waals surface area contributed by atoms with Crippen LogP contribution in [0.4, 0.5) is 0 Å². The second-order valence-corrected chi connectivity index (χ2v) is 4.18. The molecule has 0 N–H and O–H groups in total. The van der Waals surface area contributed by atoms with Gasteiger partial charge in [0.2, 0.25) is 0 Å². The minimum atomic E-state index is 0.715.